The lowest BCUT2D eigenvalue weighted by Gasteiger charge is -2.03. The molecule has 1 aromatic heterocycles. The minimum Gasteiger partial charge on any atom is -0.306 e. The van der Waals surface area contributed by atoms with Crippen LogP contribution in [0.4, 0.5) is 10.2 Å². The number of hydrogen-bond donors (Lipinski definition) is 1. The maximum atomic E-state index is 12.6. The van der Waals surface area contributed by atoms with Crippen LogP contribution in [0.25, 0.3) is 0 Å². The summed E-state index contributed by atoms with van der Waals surface area (Å²) in [4.78, 5) is 19.2. The van der Waals surface area contributed by atoms with Gasteiger partial charge in [0.2, 0.25) is 0 Å². The van der Waals surface area contributed by atoms with Gasteiger partial charge in [-0.3, -0.25) is 4.79 Å². The van der Waals surface area contributed by atoms with Gasteiger partial charge in [0.25, 0.3) is 5.91 Å². The summed E-state index contributed by atoms with van der Waals surface area (Å²) >= 11 is 0. The largest absolute Gasteiger partial charge is 0.306 e. The quantitative estimate of drug-likeness (QED) is 0.835. The molecule has 0 aliphatic carbocycles. The molecule has 2 rings (SSSR count). The molecule has 80 valence electrons. The monoisotopic (exact) mass is 217 g/mol. The molecule has 0 aliphatic rings. The van der Waals surface area contributed by atoms with Crippen LogP contribution in [0, 0.1) is 5.82 Å². The number of carbonyl (C=O) groups is 1. The van der Waals surface area contributed by atoms with Gasteiger partial charge < -0.3 is 5.32 Å². The third-order valence-corrected chi connectivity index (χ3v) is 1.93. The van der Waals surface area contributed by atoms with Crippen LogP contribution >= 0.6 is 0 Å². The Kier molecular flexibility index (Phi) is 2.86. The van der Waals surface area contributed by atoms with Crippen LogP contribution in [-0.2, 0) is 0 Å². The van der Waals surface area contributed by atoms with Gasteiger partial charge in [0.1, 0.15) is 18.0 Å². The number of anilines is 1. The molecule has 0 radical (unpaired) electrons. The molecule has 1 amide bonds. The third kappa shape index (κ3) is 2.38. The van der Waals surface area contributed by atoms with Crippen LogP contribution in [0.3, 0.4) is 0 Å². The third-order valence-electron chi connectivity index (χ3n) is 1.93. The van der Waals surface area contributed by atoms with E-state index in [1.165, 1.54) is 36.8 Å². The SMILES string of the molecule is O=C(Nc1ccncn1)c1ccc(F)cc1. The van der Waals surface area contributed by atoms with Crippen molar-refractivity contribution in [3.63, 3.8) is 0 Å². The number of halogens is 1. The van der Waals surface area contributed by atoms with E-state index in [0.29, 0.717) is 11.4 Å². The van der Waals surface area contributed by atoms with Crippen molar-refractivity contribution in [2.45, 2.75) is 0 Å². The summed E-state index contributed by atoms with van der Waals surface area (Å²) in [7, 11) is 0. The van der Waals surface area contributed by atoms with E-state index in [2.05, 4.69) is 15.3 Å². The summed E-state index contributed by atoms with van der Waals surface area (Å²) in [6.07, 6.45) is 2.85. The predicted molar refractivity (Wildman–Crippen MR) is 56.4 cm³/mol. The molecule has 4 nitrogen and oxygen atoms in total. The summed E-state index contributed by atoms with van der Waals surface area (Å²) in [6, 6.07) is 6.85. The number of amides is 1. The second kappa shape index (κ2) is 4.48. The van der Waals surface area contributed by atoms with Gasteiger partial charge in [-0.05, 0) is 30.3 Å². The Labute approximate surface area is 91.2 Å². The highest BCUT2D eigenvalue weighted by molar-refractivity contribution is 6.03. The maximum absolute atomic E-state index is 12.6. The topological polar surface area (TPSA) is 54.9 Å². The molecule has 0 unspecified atom stereocenters. The van der Waals surface area contributed by atoms with Gasteiger partial charge in [0.15, 0.2) is 0 Å². The first kappa shape index (κ1) is 10.2. The van der Waals surface area contributed by atoms with Crippen molar-refractivity contribution in [1.82, 2.24) is 9.97 Å². The zero-order valence-corrected chi connectivity index (χ0v) is 8.22. The number of benzene rings is 1. The molecule has 5 heteroatoms. The zero-order valence-electron chi connectivity index (χ0n) is 8.22. The predicted octanol–water partition coefficient (Wildman–Crippen LogP) is 1.87. The minimum atomic E-state index is -0.376. The molecule has 16 heavy (non-hydrogen) atoms. The Morgan fingerprint density at radius 1 is 1.19 bits per heavy atom. The van der Waals surface area contributed by atoms with Gasteiger partial charge in [-0.2, -0.15) is 0 Å². The smallest absolute Gasteiger partial charge is 0.256 e. The van der Waals surface area contributed by atoms with Crippen molar-refractivity contribution in [3.8, 4) is 0 Å². The summed E-state index contributed by atoms with van der Waals surface area (Å²) in [5.74, 6) is -0.304. The van der Waals surface area contributed by atoms with Crippen LogP contribution in [0.2, 0.25) is 0 Å². The number of hydrogen-bond acceptors (Lipinski definition) is 3. The maximum Gasteiger partial charge on any atom is 0.256 e. The van der Waals surface area contributed by atoms with E-state index in [-0.39, 0.29) is 11.7 Å². The fraction of sp³-hybridized carbons (Fsp3) is 0. The summed E-state index contributed by atoms with van der Waals surface area (Å²) in [6.45, 7) is 0. The first-order chi connectivity index (χ1) is 7.75. The highest BCUT2D eigenvalue weighted by Gasteiger charge is 2.05. The van der Waals surface area contributed by atoms with Gasteiger partial charge in [-0.15, -0.1) is 0 Å². The van der Waals surface area contributed by atoms with E-state index in [1.54, 1.807) is 6.07 Å². The van der Waals surface area contributed by atoms with E-state index in [1.807, 2.05) is 0 Å². The number of nitrogens with one attached hydrogen (secondary N) is 1. The normalized spacial score (nSPS) is 9.81. The molecular formula is C11H8FN3O. The summed E-state index contributed by atoms with van der Waals surface area (Å²) in [5.41, 5.74) is 0.375. The van der Waals surface area contributed by atoms with Crippen LogP contribution < -0.4 is 5.32 Å². The lowest BCUT2D eigenvalue weighted by molar-refractivity contribution is 0.102. The standard InChI is InChI=1S/C11H8FN3O/c12-9-3-1-8(2-4-9)11(16)15-10-5-6-13-7-14-10/h1-7H,(H,13,14,15,16). The Morgan fingerprint density at radius 3 is 2.56 bits per heavy atom. The minimum absolute atomic E-state index is 0.335. The number of carbonyl (C=O) groups excluding carboxylic acids is 1. The van der Waals surface area contributed by atoms with E-state index in [9.17, 15) is 9.18 Å². The number of nitrogens with zero attached hydrogens (tertiary/aromatic N) is 2. The van der Waals surface area contributed by atoms with Crippen LogP contribution in [-0.4, -0.2) is 15.9 Å². The van der Waals surface area contributed by atoms with Crippen LogP contribution in [0.5, 0.6) is 0 Å². The number of rotatable bonds is 2. The Balaban J connectivity index is 2.12. The average molecular weight is 217 g/mol. The molecule has 0 fully saturated rings. The van der Waals surface area contributed by atoms with Gasteiger partial charge in [-0.1, -0.05) is 0 Å². The summed E-state index contributed by atoms with van der Waals surface area (Å²) in [5, 5.41) is 2.57. The second-order valence-electron chi connectivity index (χ2n) is 3.06. The van der Waals surface area contributed by atoms with Gasteiger partial charge in [0, 0.05) is 11.8 Å². The van der Waals surface area contributed by atoms with Crippen molar-refractivity contribution in [1.29, 1.82) is 0 Å². The van der Waals surface area contributed by atoms with Gasteiger partial charge in [-0.25, -0.2) is 14.4 Å². The Morgan fingerprint density at radius 2 is 1.94 bits per heavy atom. The van der Waals surface area contributed by atoms with E-state index < -0.39 is 0 Å². The zero-order chi connectivity index (χ0) is 11.4. The molecule has 1 heterocycles. The van der Waals surface area contributed by atoms with E-state index in [0.717, 1.165) is 0 Å². The second-order valence-corrected chi connectivity index (χ2v) is 3.06. The molecule has 0 bridgehead atoms. The molecule has 0 atom stereocenters. The molecule has 0 aliphatic heterocycles. The first-order valence-electron chi connectivity index (χ1n) is 4.58. The average Bonchev–Trinajstić information content (AvgIpc) is 2.31. The van der Waals surface area contributed by atoms with Crippen LogP contribution in [0.1, 0.15) is 10.4 Å². The first-order valence-corrected chi connectivity index (χ1v) is 4.58. The Hall–Kier alpha value is -2.30. The molecular weight excluding hydrogens is 209 g/mol. The fourth-order valence-corrected chi connectivity index (χ4v) is 1.15. The lowest BCUT2D eigenvalue weighted by atomic mass is 10.2. The van der Waals surface area contributed by atoms with Gasteiger partial charge >= 0.3 is 0 Å². The highest BCUT2D eigenvalue weighted by atomic mass is 19.1. The van der Waals surface area contributed by atoms with E-state index >= 15 is 0 Å². The van der Waals surface area contributed by atoms with Crippen molar-refractivity contribution in [2.24, 2.45) is 0 Å². The molecule has 2 aromatic rings. The van der Waals surface area contributed by atoms with Crippen molar-refractivity contribution >= 4 is 11.7 Å². The molecule has 0 spiro atoms. The summed E-state index contributed by atoms with van der Waals surface area (Å²) < 4.78 is 12.6. The highest BCUT2D eigenvalue weighted by Crippen LogP contribution is 2.06. The van der Waals surface area contributed by atoms with Gasteiger partial charge in [0.05, 0.1) is 0 Å². The van der Waals surface area contributed by atoms with Crippen molar-refractivity contribution < 1.29 is 9.18 Å². The lowest BCUT2D eigenvalue weighted by Crippen LogP contribution is -2.12. The molecule has 1 N–H and O–H groups in total. The molecule has 0 saturated heterocycles. The fourth-order valence-electron chi connectivity index (χ4n) is 1.15. The van der Waals surface area contributed by atoms with Crippen molar-refractivity contribution in [3.05, 3.63) is 54.2 Å². The van der Waals surface area contributed by atoms with Crippen molar-refractivity contribution in [2.75, 3.05) is 5.32 Å². The molecule has 1 aromatic carbocycles. The van der Waals surface area contributed by atoms with E-state index in [4.69, 9.17) is 0 Å². The molecule has 0 saturated carbocycles. The Bertz CT molecular complexity index is 484. The number of aromatic nitrogens is 2. The van der Waals surface area contributed by atoms with Crippen LogP contribution in [0.15, 0.2) is 42.9 Å².